The first-order valence-electron chi connectivity index (χ1n) is 5.74. The fraction of sp³-hybridized carbons (Fsp3) is 0.417. The minimum Gasteiger partial charge on any atom is -0.245 e. The first-order valence-corrected chi connectivity index (χ1v) is 6.93. The van der Waals surface area contributed by atoms with Crippen LogP contribution in [0.1, 0.15) is 31.2 Å². The highest BCUT2D eigenvalue weighted by molar-refractivity contribution is 7.14. The van der Waals surface area contributed by atoms with Crippen LogP contribution in [0.2, 0.25) is 5.15 Å². The van der Waals surface area contributed by atoms with Crippen LogP contribution in [0.15, 0.2) is 18.3 Å². The second-order valence-corrected chi connectivity index (χ2v) is 5.27. The summed E-state index contributed by atoms with van der Waals surface area (Å²) in [6.07, 6.45) is 6.37. The van der Waals surface area contributed by atoms with Gasteiger partial charge >= 0.3 is 0 Å². The van der Waals surface area contributed by atoms with Crippen LogP contribution in [0.4, 0.5) is 0 Å². The number of hydrogen-bond donors (Lipinski definition) is 0. The van der Waals surface area contributed by atoms with Crippen molar-refractivity contribution in [2.75, 3.05) is 0 Å². The van der Waals surface area contributed by atoms with Crippen molar-refractivity contribution in [1.29, 1.82) is 0 Å². The monoisotopic (exact) mass is 267 g/mol. The zero-order valence-electron chi connectivity index (χ0n) is 9.69. The van der Waals surface area contributed by atoms with Crippen molar-refractivity contribution in [1.82, 2.24) is 15.2 Å². The molecule has 0 bridgehead atoms. The summed E-state index contributed by atoms with van der Waals surface area (Å²) >= 11 is 7.49. The van der Waals surface area contributed by atoms with Gasteiger partial charge in [-0.25, -0.2) is 4.98 Å². The van der Waals surface area contributed by atoms with Crippen LogP contribution in [-0.2, 0) is 6.42 Å². The molecule has 0 saturated carbocycles. The minimum absolute atomic E-state index is 0.491. The van der Waals surface area contributed by atoms with E-state index in [1.54, 1.807) is 17.5 Å². The van der Waals surface area contributed by atoms with E-state index in [-0.39, 0.29) is 0 Å². The molecule has 0 fully saturated rings. The normalized spacial score (nSPS) is 10.7. The molecule has 0 N–H and O–H groups in total. The molecule has 17 heavy (non-hydrogen) atoms. The van der Waals surface area contributed by atoms with Gasteiger partial charge in [-0.05, 0) is 18.6 Å². The van der Waals surface area contributed by atoms with E-state index < -0.39 is 0 Å². The van der Waals surface area contributed by atoms with Crippen molar-refractivity contribution in [2.45, 2.75) is 32.6 Å². The highest BCUT2D eigenvalue weighted by Crippen LogP contribution is 2.25. The van der Waals surface area contributed by atoms with Gasteiger partial charge in [0, 0.05) is 18.2 Å². The zero-order valence-corrected chi connectivity index (χ0v) is 11.3. The average Bonchev–Trinajstić information content (AvgIpc) is 2.78. The molecule has 90 valence electrons. The lowest BCUT2D eigenvalue weighted by molar-refractivity contribution is 0.710. The van der Waals surface area contributed by atoms with Crippen molar-refractivity contribution in [3.05, 3.63) is 28.5 Å². The van der Waals surface area contributed by atoms with Gasteiger partial charge in [-0.3, -0.25) is 0 Å². The predicted molar refractivity (Wildman–Crippen MR) is 71.4 cm³/mol. The second-order valence-electron chi connectivity index (χ2n) is 3.83. The molecule has 0 unspecified atom stereocenters. The van der Waals surface area contributed by atoms with E-state index in [1.165, 1.54) is 19.3 Å². The maximum atomic E-state index is 5.85. The van der Waals surface area contributed by atoms with E-state index in [2.05, 4.69) is 22.1 Å². The van der Waals surface area contributed by atoms with Crippen LogP contribution in [0.5, 0.6) is 0 Å². The lowest BCUT2D eigenvalue weighted by atomic mass is 10.2. The molecule has 0 radical (unpaired) electrons. The molecule has 2 rings (SSSR count). The molecule has 0 atom stereocenters. The molecular formula is C12H14ClN3S. The standard InChI is InChI=1S/C12H14ClN3S/c1-2-3-4-5-11-15-16-12(17-11)9-6-7-14-10(13)8-9/h6-8H,2-5H2,1H3. The summed E-state index contributed by atoms with van der Waals surface area (Å²) in [5, 5.41) is 10.9. The van der Waals surface area contributed by atoms with Gasteiger partial charge in [-0.2, -0.15) is 0 Å². The third kappa shape index (κ3) is 3.48. The van der Waals surface area contributed by atoms with Gasteiger partial charge in [0.2, 0.25) is 0 Å². The number of rotatable bonds is 5. The van der Waals surface area contributed by atoms with E-state index in [9.17, 15) is 0 Å². The molecule has 0 aliphatic heterocycles. The molecule has 5 heteroatoms. The van der Waals surface area contributed by atoms with Gasteiger partial charge in [-0.1, -0.05) is 42.7 Å². The number of pyridine rings is 1. The van der Waals surface area contributed by atoms with Gasteiger partial charge in [0.25, 0.3) is 0 Å². The summed E-state index contributed by atoms with van der Waals surface area (Å²) in [5.74, 6) is 0. The third-order valence-corrected chi connectivity index (χ3v) is 3.67. The van der Waals surface area contributed by atoms with Crippen molar-refractivity contribution in [2.24, 2.45) is 0 Å². The highest BCUT2D eigenvalue weighted by atomic mass is 35.5. The lowest BCUT2D eigenvalue weighted by Gasteiger charge is -1.94. The Morgan fingerprint density at radius 2 is 2.18 bits per heavy atom. The second kappa shape index (κ2) is 6.07. The molecule has 0 amide bonds. The number of nitrogens with zero attached hydrogens (tertiary/aromatic N) is 3. The minimum atomic E-state index is 0.491. The number of hydrogen-bond acceptors (Lipinski definition) is 4. The van der Waals surface area contributed by atoms with Crippen molar-refractivity contribution >= 4 is 22.9 Å². The molecule has 3 nitrogen and oxygen atoms in total. The Morgan fingerprint density at radius 3 is 2.94 bits per heavy atom. The summed E-state index contributed by atoms with van der Waals surface area (Å²) < 4.78 is 0. The molecule has 0 aromatic carbocycles. The molecule has 0 spiro atoms. The smallest absolute Gasteiger partial charge is 0.147 e. The molecule has 2 heterocycles. The van der Waals surface area contributed by atoms with Crippen LogP contribution in [0.3, 0.4) is 0 Å². The summed E-state index contributed by atoms with van der Waals surface area (Å²) in [4.78, 5) is 3.95. The Kier molecular flexibility index (Phi) is 4.45. The summed E-state index contributed by atoms with van der Waals surface area (Å²) in [5.41, 5.74) is 0.990. The fourth-order valence-corrected chi connectivity index (χ4v) is 2.58. The quantitative estimate of drug-likeness (QED) is 0.607. The molecule has 0 aliphatic carbocycles. The number of aromatic nitrogens is 3. The predicted octanol–water partition coefficient (Wildman–Crippen LogP) is 3.99. The SMILES string of the molecule is CCCCCc1nnc(-c2ccnc(Cl)c2)s1. The lowest BCUT2D eigenvalue weighted by Crippen LogP contribution is -1.83. The van der Waals surface area contributed by atoms with Gasteiger partial charge < -0.3 is 0 Å². The van der Waals surface area contributed by atoms with Crippen molar-refractivity contribution in [3.63, 3.8) is 0 Å². The third-order valence-electron chi connectivity index (χ3n) is 2.43. The first kappa shape index (κ1) is 12.5. The van der Waals surface area contributed by atoms with Gasteiger partial charge in [0.1, 0.15) is 15.2 Å². The summed E-state index contributed by atoms with van der Waals surface area (Å²) in [6.45, 7) is 2.20. The van der Waals surface area contributed by atoms with Gasteiger partial charge in [0.05, 0.1) is 0 Å². The highest BCUT2D eigenvalue weighted by Gasteiger charge is 2.06. The Hall–Kier alpha value is -1.000. The molecule has 0 saturated heterocycles. The Morgan fingerprint density at radius 1 is 1.29 bits per heavy atom. The van der Waals surface area contributed by atoms with Gasteiger partial charge in [-0.15, -0.1) is 10.2 Å². The topological polar surface area (TPSA) is 38.7 Å². The van der Waals surface area contributed by atoms with Crippen LogP contribution >= 0.6 is 22.9 Å². The van der Waals surface area contributed by atoms with Crippen LogP contribution < -0.4 is 0 Å². The number of unbranched alkanes of at least 4 members (excludes halogenated alkanes) is 2. The van der Waals surface area contributed by atoms with E-state index in [0.29, 0.717) is 5.15 Å². The van der Waals surface area contributed by atoms with Gasteiger partial charge in [0.15, 0.2) is 0 Å². The summed E-state index contributed by atoms with van der Waals surface area (Å²) in [6, 6.07) is 3.72. The zero-order chi connectivity index (χ0) is 12.1. The first-order chi connectivity index (χ1) is 8.29. The number of halogens is 1. The number of aryl methyl sites for hydroxylation is 1. The summed E-state index contributed by atoms with van der Waals surface area (Å²) in [7, 11) is 0. The Bertz CT molecular complexity index is 484. The Labute approximate surface area is 110 Å². The molecule has 0 aliphatic rings. The molecule has 2 aromatic heterocycles. The Balaban J connectivity index is 2.07. The van der Waals surface area contributed by atoms with Crippen LogP contribution in [-0.4, -0.2) is 15.2 Å². The van der Waals surface area contributed by atoms with Crippen molar-refractivity contribution < 1.29 is 0 Å². The van der Waals surface area contributed by atoms with E-state index >= 15 is 0 Å². The largest absolute Gasteiger partial charge is 0.245 e. The van der Waals surface area contributed by atoms with E-state index in [4.69, 9.17) is 11.6 Å². The maximum Gasteiger partial charge on any atom is 0.147 e. The van der Waals surface area contributed by atoms with Crippen LogP contribution in [0, 0.1) is 0 Å². The fourth-order valence-electron chi connectivity index (χ4n) is 1.53. The molecular weight excluding hydrogens is 254 g/mol. The maximum absolute atomic E-state index is 5.85. The van der Waals surface area contributed by atoms with Crippen molar-refractivity contribution in [3.8, 4) is 10.6 Å². The average molecular weight is 268 g/mol. The van der Waals surface area contributed by atoms with E-state index in [1.807, 2.05) is 12.1 Å². The molecule has 2 aromatic rings. The van der Waals surface area contributed by atoms with E-state index in [0.717, 1.165) is 22.0 Å². The van der Waals surface area contributed by atoms with Crippen LogP contribution in [0.25, 0.3) is 10.6 Å².